The zero-order valence-electron chi connectivity index (χ0n) is 14.5. The van der Waals surface area contributed by atoms with Crippen LogP contribution in [0.5, 0.6) is 0 Å². The summed E-state index contributed by atoms with van der Waals surface area (Å²) in [5, 5.41) is 0. The average Bonchev–Trinajstić information content (AvgIpc) is 2.67. The average molecular weight is 342 g/mol. The van der Waals surface area contributed by atoms with Crippen LogP contribution in [0.2, 0.25) is 0 Å². The molecule has 2 aromatic carbocycles. The van der Waals surface area contributed by atoms with E-state index in [1.807, 2.05) is 0 Å². The van der Waals surface area contributed by atoms with E-state index >= 15 is 0 Å². The number of benzene rings is 2. The number of piperidine rings is 1. The predicted molar refractivity (Wildman–Crippen MR) is 103 cm³/mol. The molecule has 1 atom stereocenters. The summed E-state index contributed by atoms with van der Waals surface area (Å²) in [7, 11) is 0. The number of rotatable bonds is 7. The normalized spacial score (nSPS) is 16.9. The van der Waals surface area contributed by atoms with Gasteiger partial charge in [0.2, 0.25) is 0 Å². The van der Waals surface area contributed by atoms with Crippen LogP contribution in [0, 0.1) is 0 Å². The minimum Gasteiger partial charge on any atom is -0.367 e. The molecule has 1 heterocycles. The predicted octanol–water partition coefficient (Wildman–Crippen LogP) is 5.00. The molecule has 1 fully saturated rings. The monoisotopic (exact) mass is 341 g/mol. The minimum absolute atomic E-state index is 0.0203. The molecule has 1 saturated heterocycles. The van der Waals surface area contributed by atoms with Crippen molar-refractivity contribution in [3.63, 3.8) is 0 Å². The number of nitrogens with zero attached hydrogens (tertiary/aromatic N) is 1. The molecule has 3 heteroatoms. The molecule has 0 aliphatic carbocycles. The molecule has 2 nitrogen and oxygen atoms in total. The van der Waals surface area contributed by atoms with Gasteiger partial charge in [-0.2, -0.15) is 0 Å². The van der Waals surface area contributed by atoms with Gasteiger partial charge >= 0.3 is 0 Å². The highest BCUT2D eigenvalue weighted by Crippen LogP contribution is 2.27. The maximum absolute atomic E-state index is 6.34. The van der Waals surface area contributed by atoms with Crippen molar-refractivity contribution in [1.82, 2.24) is 4.90 Å². The zero-order valence-corrected chi connectivity index (χ0v) is 15.3. The molecular formula is C21H27NOS. The summed E-state index contributed by atoms with van der Waals surface area (Å²) in [6.07, 6.45) is 6.17. The van der Waals surface area contributed by atoms with Crippen molar-refractivity contribution in [3.05, 3.63) is 65.7 Å². The highest BCUT2D eigenvalue weighted by molar-refractivity contribution is 7.98. The first-order chi connectivity index (χ1) is 11.9. The van der Waals surface area contributed by atoms with E-state index in [1.165, 1.54) is 48.4 Å². The molecule has 0 spiro atoms. The molecule has 0 radical (unpaired) electrons. The Morgan fingerprint density at radius 1 is 0.917 bits per heavy atom. The van der Waals surface area contributed by atoms with E-state index in [4.69, 9.17) is 4.74 Å². The summed E-state index contributed by atoms with van der Waals surface area (Å²) in [6.45, 7) is 4.26. The SMILES string of the molecule is CSc1ccc(C(OCCN2CCCCC2)c2ccccc2)cc1. The van der Waals surface area contributed by atoms with E-state index in [0.29, 0.717) is 0 Å². The van der Waals surface area contributed by atoms with Crippen molar-refractivity contribution in [3.8, 4) is 0 Å². The van der Waals surface area contributed by atoms with Gasteiger partial charge in [-0.25, -0.2) is 0 Å². The van der Waals surface area contributed by atoms with E-state index in [9.17, 15) is 0 Å². The Morgan fingerprint density at radius 3 is 2.25 bits per heavy atom. The second-order valence-corrected chi connectivity index (χ2v) is 7.22. The van der Waals surface area contributed by atoms with Crippen LogP contribution in [0.4, 0.5) is 0 Å². The lowest BCUT2D eigenvalue weighted by Gasteiger charge is -2.27. The van der Waals surface area contributed by atoms with E-state index in [0.717, 1.165) is 13.2 Å². The van der Waals surface area contributed by atoms with Gasteiger partial charge in [0.15, 0.2) is 0 Å². The number of hydrogen-bond donors (Lipinski definition) is 0. The van der Waals surface area contributed by atoms with Crippen LogP contribution in [-0.4, -0.2) is 37.4 Å². The molecular weight excluding hydrogens is 314 g/mol. The second kappa shape index (κ2) is 9.26. The van der Waals surface area contributed by atoms with Crippen LogP contribution < -0.4 is 0 Å². The standard InChI is InChI=1S/C21H27NOS/c1-24-20-12-10-19(11-13-20)21(18-8-4-2-5-9-18)23-17-16-22-14-6-3-7-15-22/h2,4-5,8-13,21H,3,6-7,14-17H2,1H3. The van der Waals surface area contributed by atoms with Crippen LogP contribution in [0.3, 0.4) is 0 Å². The van der Waals surface area contributed by atoms with Crippen LogP contribution in [0.1, 0.15) is 36.5 Å². The van der Waals surface area contributed by atoms with Gasteiger partial charge in [-0.05, 0) is 55.4 Å². The Kier molecular flexibility index (Phi) is 6.76. The maximum atomic E-state index is 6.34. The molecule has 128 valence electrons. The third-order valence-electron chi connectivity index (χ3n) is 4.66. The summed E-state index contributed by atoms with van der Waals surface area (Å²) in [5.41, 5.74) is 2.46. The Bertz CT molecular complexity index is 593. The van der Waals surface area contributed by atoms with Crippen LogP contribution in [0.15, 0.2) is 59.5 Å². The highest BCUT2D eigenvalue weighted by Gasteiger charge is 2.16. The number of thioether (sulfide) groups is 1. The molecule has 2 aromatic rings. The first kappa shape index (κ1) is 17.5. The van der Waals surface area contributed by atoms with E-state index in [1.54, 1.807) is 11.8 Å². The van der Waals surface area contributed by atoms with Gasteiger partial charge in [0.25, 0.3) is 0 Å². The third kappa shape index (κ3) is 4.85. The fraction of sp³-hybridized carbons (Fsp3) is 0.429. The molecule has 0 amide bonds. The van der Waals surface area contributed by atoms with Crippen LogP contribution in [-0.2, 0) is 4.74 Å². The topological polar surface area (TPSA) is 12.5 Å². The summed E-state index contributed by atoms with van der Waals surface area (Å²) < 4.78 is 6.34. The Morgan fingerprint density at radius 2 is 1.58 bits per heavy atom. The van der Waals surface area contributed by atoms with E-state index in [2.05, 4.69) is 65.8 Å². The first-order valence-electron chi connectivity index (χ1n) is 8.89. The second-order valence-electron chi connectivity index (χ2n) is 6.34. The van der Waals surface area contributed by atoms with Crippen molar-refractivity contribution in [2.24, 2.45) is 0 Å². The van der Waals surface area contributed by atoms with Gasteiger partial charge in [0.1, 0.15) is 6.10 Å². The van der Waals surface area contributed by atoms with Crippen molar-refractivity contribution in [2.45, 2.75) is 30.3 Å². The lowest BCUT2D eigenvalue weighted by Crippen LogP contribution is -2.33. The van der Waals surface area contributed by atoms with Crippen LogP contribution >= 0.6 is 11.8 Å². The fourth-order valence-corrected chi connectivity index (χ4v) is 3.68. The molecule has 0 N–H and O–H groups in total. The Balaban J connectivity index is 1.67. The zero-order chi connectivity index (χ0) is 16.6. The molecule has 24 heavy (non-hydrogen) atoms. The van der Waals surface area contributed by atoms with Crippen LogP contribution in [0.25, 0.3) is 0 Å². The maximum Gasteiger partial charge on any atom is 0.108 e. The Hall–Kier alpha value is -1.29. The van der Waals surface area contributed by atoms with Gasteiger partial charge in [-0.1, -0.05) is 48.9 Å². The van der Waals surface area contributed by atoms with Gasteiger partial charge in [-0.3, -0.25) is 0 Å². The Labute approximate surface area is 150 Å². The van der Waals surface area contributed by atoms with Crippen molar-refractivity contribution in [2.75, 3.05) is 32.5 Å². The lowest BCUT2D eigenvalue weighted by atomic mass is 10.0. The fourth-order valence-electron chi connectivity index (χ4n) is 3.27. The largest absolute Gasteiger partial charge is 0.367 e. The van der Waals surface area contributed by atoms with E-state index < -0.39 is 0 Å². The first-order valence-corrected chi connectivity index (χ1v) is 10.1. The third-order valence-corrected chi connectivity index (χ3v) is 5.41. The summed E-state index contributed by atoms with van der Waals surface area (Å²) in [6, 6.07) is 19.3. The summed E-state index contributed by atoms with van der Waals surface area (Å²) >= 11 is 1.77. The van der Waals surface area contributed by atoms with E-state index in [-0.39, 0.29) is 6.10 Å². The highest BCUT2D eigenvalue weighted by atomic mass is 32.2. The van der Waals surface area contributed by atoms with Gasteiger partial charge in [0.05, 0.1) is 6.61 Å². The molecule has 1 unspecified atom stereocenters. The van der Waals surface area contributed by atoms with Gasteiger partial charge in [-0.15, -0.1) is 11.8 Å². The number of ether oxygens (including phenoxy) is 1. The smallest absolute Gasteiger partial charge is 0.108 e. The van der Waals surface area contributed by atoms with Crippen molar-refractivity contribution < 1.29 is 4.74 Å². The minimum atomic E-state index is 0.0203. The van der Waals surface area contributed by atoms with Crippen molar-refractivity contribution >= 4 is 11.8 Å². The van der Waals surface area contributed by atoms with Gasteiger partial charge < -0.3 is 9.64 Å². The molecule has 0 aromatic heterocycles. The molecule has 0 bridgehead atoms. The van der Waals surface area contributed by atoms with Gasteiger partial charge in [0, 0.05) is 11.4 Å². The quantitative estimate of drug-likeness (QED) is 0.658. The number of likely N-dealkylation sites (tertiary alicyclic amines) is 1. The molecule has 0 saturated carbocycles. The number of hydrogen-bond acceptors (Lipinski definition) is 3. The summed E-state index contributed by atoms with van der Waals surface area (Å²) in [4.78, 5) is 3.82. The van der Waals surface area contributed by atoms with Crippen molar-refractivity contribution in [1.29, 1.82) is 0 Å². The molecule has 3 rings (SSSR count). The summed E-state index contributed by atoms with van der Waals surface area (Å²) in [5.74, 6) is 0. The lowest BCUT2D eigenvalue weighted by molar-refractivity contribution is 0.0557. The molecule has 1 aliphatic heterocycles. The molecule has 1 aliphatic rings.